The molecule has 15 heavy (non-hydrogen) atoms. The first kappa shape index (κ1) is 10.5. The minimum absolute atomic E-state index is 0.0206. The molecule has 80 valence electrons. The van der Waals surface area contributed by atoms with Crippen molar-refractivity contribution in [2.75, 3.05) is 0 Å². The molecule has 1 aliphatic carbocycles. The molecule has 2 rings (SSSR count). The Labute approximate surface area is 94.4 Å². The first-order chi connectivity index (χ1) is 7.31. The van der Waals surface area contributed by atoms with E-state index in [0.29, 0.717) is 5.92 Å². The largest absolute Gasteiger partial charge is 0.347 e. The molecule has 0 spiro atoms. The van der Waals surface area contributed by atoms with Gasteiger partial charge in [-0.2, -0.15) is 0 Å². The Morgan fingerprint density at radius 2 is 2.00 bits per heavy atom. The first-order valence-corrected chi connectivity index (χ1v) is 5.49. The molecular weight excluding hydrogens is 212 g/mol. The molecule has 0 unspecified atom stereocenters. The molecule has 2 atom stereocenters. The van der Waals surface area contributed by atoms with Crippen LogP contribution in [0.2, 0.25) is 0 Å². The Morgan fingerprint density at radius 3 is 2.67 bits per heavy atom. The maximum atomic E-state index is 11.2. The van der Waals surface area contributed by atoms with Crippen molar-refractivity contribution < 1.29 is 9.08 Å². The van der Waals surface area contributed by atoms with Gasteiger partial charge in [-0.05, 0) is 30.7 Å². The van der Waals surface area contributed by atoms with Gasteiger partial charge in [0.1, 0.15) is 11.9 Å². The number of halogens is 1. The molecule has 0 N–H and O–H groups in total. The van der Waals surface area contributed by atoms with E-state index in [9.17, 15) is 4.79 Å². The molecule has 0 saturated heterocycles. The Kier molecular flexibility index (Phi) is 3.27. The molecule has 0 heterocycles. The third-order valence-electron chi connectivity index (χ3n) is 3.11. The molecule has 0 bridgehead atoms. The fourth-order valence-corrected chi connectivity index (χ4v) is 2.41. The van der Waals surface area contributed by atoms with Crippen LogP contribution in [0.25, 0.3) is 0 Å². The summed E-state index contributed by atoms with van der Waals surface area (Å²) in [6, 6.07) is 10.3. The Hall–Kier alpha value is -1.02. The van der Waals surface area contributed by atoms with Gasteiger partial charge in [0.15, 0.2) is 0 Å². The van der Waals surface area contributed by atoms with E-state index in [1.54, 1.807) is 0 Å². The van der Waals surface area contributed by atoms with E-state index < -0.39 is 0 Å². The molecular formula is C12H13ClO2. The van der Waals surface area contributed by atoms with Gasteiger partial charge in [-0.3, -0.25) is 4.79 Å². The van der Waals surface area contributed by atoms with E-state index in [1.165, 1.54) is 5.56 Å². The number of benzene rings is 1. The van der Waals surface area contributed by atoms with Crippen LogP contribution in [-0.2, 0) is 9.08 Å². The third kappa shape index (κ3) is 2.32. The predicted molar refractivity (Wildman–Crippen MR) is 58.5 cm³/mol. The molecule has 0 radical (unpaired) electrons. The highest BCUT2D eigenvalue weighted by Gasteiger charge is 2.31. The van der Waals surface area contributed by atoms with Gasteiger partial charge in [0, 0.05) is 0 Å². The Bertz CT molecular complexity index is 337. The van der Waals surface area contributed by atoms with Gasteiger partial charge in [-0.1, -0.05) is 30.3 Å². The zero-order chi connectivity index (χ0) is 10.7. The van der Waals surface area contributed by atoms with Gasteiger partial charge in [0.25, 0.3) is 0 Å². The second-order valence-corrected chi connectivity index (χ2v) is 4.17. The van der Waals surface area contributed by atoms with Crippen LogP contribution >= 0.6 is 11.9 Å². The van der Waals surface area contributed by atoms with E-state index in [0.717, 1.165) is 19.3 Å². The van der Waals surface area contributed by atoms with Crippen molar-refractivity contribution in [3.63, 3.8) is 0 Å². The fourth-order valence-electron chi connectivity index (χ4n) is 2.29. The molecule has 0 amide bonds. The quantitative estimate of drug-likeness (QED) is 0.771. The van der Waals surface area contributed by atoms with Crippen LogP contribution in [0.3, 0.4) is 0 Å². The summed E-state index contributed by atoms with van der Waals surface area (Å²) < 4.78 is 4.25. The Morgan fingerprint density at radius 1 is 1.27 bits per heavy atom. The molecule has 1 aromatic rings. The SMILES string of the molecule is O=C(OCl)[C@H]1CC[C@H](c2ccccc2)C1. The minimum atomic E-state index is -0.282. The second kappa shape index (κ2) is 4.67. The van der Waals surface area contributed by atoms with Crippen LogP contribution in [0, 0.1) is 5.92 Å². The lowest BCUT2D eigenvalue weighted by Gasteiger charge is -2.09. The van der Waals surface area contributed by atoms with Gasteiger partial charge in [0.05, 0.1) is 5.92 Å². The molecule has 3 heteroatoms. The van der Waals surface area contributed by atoms with Crippen molar-refractivity contribution in [1.82, 2.24) is 0 Å². The lowest BCUT2D eigenvalue weighted by molar-refractivity contribution is -0.138. The molecule has 1 aromatic carbocycles. The molecule has 1 aliphatic rings. The van der Waals surface area contributed by atoms with Crippen molar-refractivity contribution in [1.29, 1.82) is 0 Å². The van der Waals surface area contributed by atoms with Crippen LogP contribution in [0.4, 0.5) is 0 Å². The van der Waals surface area contributed by atoms with E-state index >= 15 is 0 Å². The van der Waals surface area contributed by atoms with Crippen molar-refractivity contribution >= 4 is 17.8 Å². The second-order valence-electron chi connectivity index (χ2n) is 4.01. The summed E-state index contributed by atoms with van der Waals surface area (Å²) in [4.78, 5) is 11.2. The van der Waals surface area contributed by atoms with Crippen molar-refractivity contribution in [2.45, 2.75) is 25.2 Å². The summed E-state index contributed by atoms with van der Waals surface area (Å²) in [5, 5.41) is 0. The van der Waals surface area contributed by atoms with Gasteiger partial charge < -0.3 is 4.29 Å². The monoisotopic (exact) mass is 224 g/mol. The highest BCUT2D eigenvalue weighted by Crippen LogP contribution is 2.38. The lowest BCUT2D eigenvalue weighted by atomic mass is 9.96. The van der Waals surface area contributed by atoms with E-state index in [-0.39, 0.29) is 11.9 Å². The molecule has 0 aromatic heterocycles. The van der Waals surface area contributed by atoms with Crippen molar-refractivity contribution in [3.8, 4) is 0 Å². The zero-order valence-electron chi connectivity index (χ0n) is 8.36. The third-order valence-corrected chi connectivity index (χ3v) is 3.27. The van der Waals surface area contributed by atoms with Crippen molar-refractivity contribution in [2.24, 2.45) is 5.92 Å². The first-order valence-electron chi connectivity index (χ1n) is 5.18. The molecule has 1 saturated carbocycles. The summed E-state index contributed by atoms with van der Waals surface area (Å²) in [5.74, 6) is 0.176. The van der Waals surface area contributed by atoms with E-state index in [2.05, 4.69) is 16.4 Å². The maximum Gasteiger partial charge on any atom is 0.327 e. The highest BCUT2D eigenvalue weighted by molar-refractivity contribution is 6.13. The maximum absolute atomic E-state index is 11.2. The summed E-state index contributed by atoms with van der Waals surface area (Å²) >= 11 is 5.08. The minimum Gasteiger partial charge on any atom is -0.347 e. The summed E-state index contributed by atoms with van der Waals surface area (Å²) in [6.07, 6.45) is 2.78. The predicted octanol–water partition coefficient (Wildman–Crippen LogP) is 3.27. The lowest BCUT2D eigenvalue weighted by Crippen LogP contribution is -2.10. The summed E-state index contributed by atoms with van der Waals surface area (Å²) in [5.41, 5.74) is 1.31. The van der Waals surface area contributed by atoms with Gasteiger partial charge in [-0.25, -0.2) is 0 Å². The van der Waals surface area contributed by atoms with E-state index in [1.807, 2.05) is 18.2 Å². The summed E-state index contributed by atoms with van der Waals surface area (Å²) in [6.45, 7) is 0. The number of hydrogen-bond donors (Lipinski definition) is 0. The number of hydrogen-bond acceptors (Lipinski definition) is 2. The molecule has 0 aliphatic heterocycles. The summed E-state index contributed by atoms with van der Waals surface area (Å²) in [7, 11) is 0. The molecule has 1 fully saturated rings. The van der Waals surface area contributed by atoms with Crippen molar-refractivity contribution in [3.05, 3.63) is 35.9 Å². The zero-order valence-corrected chi connectivity index (χ0v) is 9.11. The van der Waals surface area contributed by atoms with Crippen LogP contribution in [0.5, 0.6) is 0 Å². The number of carbonyl (C=O) groups excluding carboxylic acids is 1. The van der Waals surface area contributed by atoms with Crippen LogP contribution < -0.4 is 0 Å². The normalized spacial score (nSPS) is 25.1. The topological polar surface area (TPSA) is 26.3 Å². The van der Waals surface area contributed by atoms with Gasteiger partial charge >= 0.3 is 5.97 Å². The average Bonchev–Trinajstić information content (AvgIpc) is 2.78. The standard InChI is InChI=1S/C12H13ClO2/c13-15-12(14)11-7-6-10(8-11)9-4-2-1-3-5-9/h1-5,10-11H,6-8H2/t10-,11-/m0/s1. The van der Waals surface area contributed by atoms with Gasteiger partial charge in [0.2, 0.25) is 0 Å². The number of rotatable bonds is 2. The van der Waals surface area contributed by atoms with Gasteiger partial charge in [-0.15, -0.1) is 0 Å². The van der Waals surface area contributed by atoms with Crippen LogP contribution in [0.1, 0.15) is 30.7 Å². The van der Waals surface area contributed by atoms with Crippen LogP contribution in [0.15, 0.2) is 30.3 Å². The van der Waals surface area contributed by atoms with Crippen LogP contribution in [-0.4, -0.2) is 5.97 Å². The average molecular weight is 225 g/mol. The Balaban J connectivity index is 2.02. The number of carbonyl (C=O) groups is 1. The fraction of sp³-hybridized carbons (Fsp3) is 0.417. The van der Waals surface area contributed by atoms with E-state index in [4.69, 9.17) is 11.9 Å². The highest BCUT2D eigenvalue weighted by atomic mass is 35.5. The molecule has 2 nitrogen and oxygen atoms in total. The smallest absolute Gasteiger partial charge is 0.327 e.